The molecule has 78 valence electrons. The van der Waals surface area contributed by atoms with Crippen molar-refractivity contribution in [1.82, 2.24) is 30.6 Å². The van der Waals surface area contributed by atoms with Gasteiger partial charge in [-0.15, -0.1) is 10.2 Å². The summed E-state index contributed by atoms with van der Waals surface area (Å²) >= 11 is 3.26. The Morgan fingerprint density at radius 3 is 2.73 bits per heavy atom. The van der Waals surface area contributed by atoms with Crippen molar-refractivity contribution in [2.45, 2.75) is 13.0 Å². The summed E-state index contributed by atoms with van der Waals surface area (Å²) in [5, 5.41) is 16.6. The zero-order valence-corrected chi connectivity index (χ0v) is 9.43. The fraction of sp³-hybridized carbons (Fsp3) is 0.286. The highest BCUT2D eigenvalue weighted by atomic mass is 79.9. The van der Waals surface area contributed by atoms with Crippen LogP contribution in [0.4, 0.5) is 5.95 Å². The standard InChI is InChI=1S/C7H8BrN7/c1-4(6-12-14-15-13-6)11-7-9-2-5(8)3-10-7/h2-4H,1H3,(H,9,10,11)(H,12,13,14,15). The van der Waals surface area contributed by atoms with Gasteiger partial charge in [-0.3, -0.25) is 0 Å². The number of tetrazole rings is 1. The Balaban J connectivity index is 2.06. The summed E-state index contributed by atoms with van der Waals surface area (Å²) in [5.74, 6) is 1.09. The van der Waals surface area contributed by atoms with Crippen LogP contribution in [0.1, 0.15) is 18.8 Å². The number of hydrogen-bond acceptors (Lipinski definition) is 6. The summed E-state index contributed by atoms with van der Waals surface area (Å²) in [4.78, 5) is 8.15. The maximum atomic E-state index is 4.07. The van der Waals surface area contributed by atoms with E-state index in [4.69, 9.17) is 0 Å². The zero-order chi connectivity index (χ0) is 10.7. The average molecular weight is 270 g/mol. The van der Waals surface area contributed by atoms with E-state index in [2.05, 4.69) is 51.8 Å². The average Bonchev–Trinajstić information content (AvgIpc) is 2.74. The molecule has 0 aliphatic carbocycles. The van der Waals surface area contributed by atoms with E-state index in [-0.39, 0.29) is 6.04 Å². The summed E-state index contributed by atoms with van der Waals surface area (Å²) in [6.45, 7) is 1.90. The molecule has 0 aliphatic rings. The smallest absolute Gasteiger partial charge is 0.223 e. The molecule has 2 heterocycles. The Morgan fingerprint density at radius 1 is 1.40 bits per heavy atom. The number of nitrogens with zero attached hydrogens (tertiary/aromatic N) is 5. The van der Waals surface area contributed by atoms with Gasteiger partial charge in [0.05, 0.1) is 10.5 Å². The molecule has 2 rings (SSSR count). The minimum absolute atomic E-state index is 0.0927. The van der Waals surface area contributed by atoms with E-state index >= 15 is 0 Å². The predicted molar refractivity (Wildman–Crippen MR) is 55.9 cm³/mol. The summed E-state index contributed by atoms with van der Waals surface area (Å²) in [6.07, 6.45) is 3.33. The second kappa shape index (κ2) is 4.30. The molecule has 0 bridgehead atoms. The molecular weight excluding hydrogens is 262 g/mol. The van der Waals surface area contributed by atoms with Gasteiger partial charge in [-0.05, 0) is 22.9 Å². The molecule has 2 aromatic rings. The first-order chi connectivity index (χ1) is 7.25. The van der Waals surface area contributed by atoms with Gasteiger partial charge in [-0.2, -0.15) is 5.21 Å². The number of nitrogens with one attached hydrogen (secondary N) is 2. The SMILES string of the molecule is CC(Nc1ncc(Br)cn1)c1nn[nH]n1. The third-order valence-corrected chi connectivity index (χ3v) is 2.12. The van der Waals surface area contributed by atoms with Crippen molar-refractivity contribution in [2.24, 2.45) is 0 Å². The second-order valence-corrected chi connectivity index (χ2v) is 3.78. The summed E-state index contributed by atoms with van der Waals surface area (Å²) < 4.78 is 0.834. The van der Waals surface area contributed by atoms with Gasteiger partial charge in [0.15, 0.2) is 5.82 Å². The van der Waals surface area contributed by atoms with Crippen LogP contribution < -0.4 is 5.32 Å². The van der Waals surface area contributed by atoms with E-state index < -0.39 is 0 Å². The Labute approximate surface area is 93.8 Å². The quantitative estimate of drug-likeness (QED) is 0.861. The molecule has 0 fully saturated rings. The van der Waals surface area contributed by atoms with Crippen LogP contribution in [-0.4, -0.2) is 30.6 Å². The molecule has 7 nitrogen and oxygen atoms in total. The number of aromatic amines is 1. The maximum absolute atomic E-state index is 4.07. The van der Waals surface area contributed by atoms with Gasteiger partial charge in [0, 0.05) is 12.4 Å². The lowest BCUT2D eigenvalue weighted by Gasteiger charge is -2.08. The van der Waals surface area contributed by atoms with Gasteiger partial charge in [0.1, 0.15) is 0 Å². The fourth-order valence-electron chi connectivity index (χ4n) is 0.998. The molecule has 1 atom stereocenters. The third-order valence-electron chi connectivity index (χ3n) is 1.71. The van der Waals surface area contributed by atoms with Crippen molar-refractivity contribution in [3.63, 3.8) is 0 Å². The minimum atomic E-state index is -0.0927. The highest BCUT2D eigenvalue weighted by molar-refractivity contribution is 9.10. The highest BCUT2D eigenvalue weighted by Gasteiger charge is 2.10. The first kappa shape index (κ1) is 9.97. The van der Waals surface area contributed by atoms with Crippen molar-refractivity contribution in [3.8, 4) is 0 Å². The summed E-state index contributed by atoms with van der Waals surface area (Å²) in [6, 6.07) is -0.0927. The number of hydrogen-bond donors (Lipinski definition) is 2. The maximum Gasteiger partial charge on any atom is 0.223 e. The summed E-state index contributed by atoms with van der Waals surface area (Å²) in [5.41, 5.74) is 0. The number of halogens is 1. The predicted octanol–water partition coefficient (Wildman–Crippen LogP) is 0.925. The molecule has 8 heteroatoms. The molecule has 2 aromatic heterocycles. The first-order valence-corrected chi connectivity index (χ1v) is 5.02. The molecule has 0 aromatic carbocycles. The molecule has 15 heavy (non-hydrogen) atoms. The lowest BCUT2D eigenvalue weighted by Crippen LogP contribution is -2.10. The Kier molecular flexibility index (Phi) is 2.86. The van der Waals surface area contributed by atoms with Gasteiger partial charge < -0.3 is 5.32 Å². The molecule has 0 amide bonds. The first-order valence-electron chi connectivity index (χ1n) is 4.23. The van der Waals surface area contributed by atoms with Crippen LogP contribution in [0.5, 0.6) is 0 Å². The van der Waals surface area contributed by atoms with E-state index in [0.717, 1.165) is 4.47 Å². The summed E-state index contributed by atoms with van der Waals surface area (Å²) in [7, 11) is 0. The number of aromatic nitrogens is 6. The Hall–Kier alpha value is -1.57. The molecule has 2 N–H and O–H groups in total. The van der Waals surface area contributed by atoms with Crippen LogP contribution in [0.2, 0.25) is 0 Å². The monoisotopic (exact) mass is 269 g/mol. The van der Waals surface area contributed by atoms with Crippen LogP contribution in [0, 0.1) is 0 Å². The molecule has 1 unspecified atom stereocenters. The Morgan fingerprint density at radius 2 is 2.13 bits per heavy atom. The van der Waals surface area contributed by atoms with Gasteiger partial charge in [0.2, 0.25) is 5.95 Å². The topological polar surface area (TPSA) is 92.3 Å². The van der Waals surface area contributed by atoms with Crippen LogP contribution in [-0.2, 0) is 0 Å². The van der Waals surface area contributed by atoms with E-state index in [1.54, 1.807) is 12.4 Å². The van der Waals surface area contributed by atoms with Crippen molar-refractivity contribution < 1.29 is 0 Å². The normalized spacial score (nSPS) is 12.4. The van der Waals surface area contributed by atoms with Gasteiger partial charge >= 0.3 is 0 Å². The van der Waals surface area contributed by atoms with Gasteiger partial charge in [-0.1, -0.05) is 5.21 Å². The second-order valence-electron chi connectivity index (χ2n) is 2.86. The van der Waals surface area contributed by atoms with Crippen molar-refractivity contribution in [1.29, 1.82) is 0 Å². The highest BCUT2D eigenvalue weighted by Crippen LogP contribution is 2.12. The number of H-pyrrole nitrogens is 1. The fourth-order valence-corrected chi connectivity index (χ4v) is 1.20. The minimum Gasteiger partial charge on any atom is -0.344 e. The lowest BCUT2D eigenvalue weighted by molar-refractivity contribution is 0.780. The van der Waals surface area contributed by atoms with Crippen LogP contribution in [0.15, 0.2) is 16.9 Å². The van der Waals surface area contributed by atoms with Crippen molar-refractivity contribution in [2.75, 3.05) is 5.32 Å². The van der Waals surface area contributed by atoms with Gasteiger partial charge in [0.25, 0.3) is 0 Å². The van der Waals surface area contributed by atoms with Crippen molar-refractivity contribution in [3.05, 3.63) is 22.7 Å². The number of rotatable bonds is 3. The third kappa shape index (κ3) is 2.46. The molecule has 0 radical (unpaired) electrons. The molecular formula is C7H8BrN7. The number of anilines is 1. The lowest BCUT2D eigenvalue weighted by atomic mass is 10.3. The van der Waals surface area contributed by atoms with E-state index in [0.29, 0.717) is 11.8 Å². The van der Waals surface area contributed by atoms with E-state index in [9.17, 15) is 0 Å². The largest absolute Gasteiger partial charge is 0.344 e. The van der Waals surface area contributed by atoms with Crippen LogP contribution >= 0.6 is 15.9 Å². The van der Waals surface area contributed by atoms with Crippen molar-refractivity contribution >= 4 is 21.9 Å². The van der Waals surface area contributed by atoms with E-state index in [1.807, 2.05) is 6.92 Å². The van der Waals surface area contributed by atoms with E-state index in [1.165, 1.54) is 0 Å². The molecule has 0 saturated carbocycles. The van der Waals surface area contributed by atoms with Gasteiger partial charge in [-0.25, -0.2) is 9.97 Å². The Bertz CT molecular complexity index is 411. The van der Waals surface area contributed by atoms with Crippen LogP contribution in [0.25, 0.3) is 0 Å². The molecule has 0 aliphatic heterocycles. The molecule has 0 saturated heterocycles. The zero-order valence-electron chi connectivity index (χ0n) is 7.85. The molecule has 0 spiro atoms. The van der Waals surface area contributed by atoms with Crippen LogP contribution in [0.3, 0.4) is 0 Å².